The normalized spacial score (nSPS) is 27.0. The van der Waals surface area contributed by atoms with Crippen molar-refractivity contribution in [3.63, 3.8) is 0 Å². The Morgan fingerprint density at radius 1 is 1.23 bits per heavy atom. The Kier molecular flexibility index (Phi) is 4.13. The fourth-order valence-corrected chi connectivity index (χ4v) is 1.60. The molecule has 1 heterocycles. The second-order valence-electron chi connectivity index (χ2n) is 4.41. The van der Waals surface area contributed by atoms with Gasteiger partial charge >= 0.3 is 0 Å². The minimum absolute atomic E-state index is 0.535. The van der Waals surface area contributed by atoms with Crippen molar-refractivity contribution in [2.24, 2.45) is 5.73 Å². The molecule has 78 valence electrons. The summed E-state index contributed by atoms with van der Waals surface area (Å²) in [5, 5.41) is 2.83. The standard InChI is InChI=1S/C6H13N.C4H8FN/c7-6-4-2-1-3-5-6;1-4(5)2-6-3-4/h6H,1-5,7H2;6H,2-3H2,1H3. The summed E-state index contributed by atoms with van der Waals surface area (Å²) in [5.74, 6) is 0. The predicted octanol–water partition coefficient (Wildman–Crippen LogP) is 1.60. The maximum Gasteiger partial charge on any atom is 0.132 e. The molecule has 0 bridgehead atoms. The fraction of sp³-hybridized carbons (Fsp3) is 1.00. The van der Waals surface area contributed by atoms with Gasteiger partial charge in [-0.15, -0.1) is 0 Å². The molecule has 2 aliphatic rings. The Balaban J connectivity index is 0.000000132. The van der Waals surface area contributed by atoms with Crippen LogP contribution >= 0.6 is 0 Å². The largest absolute Gasteiger partial charge is 0.328 e. The third kappa shape index (κ3) is 4.58. The molecule has 0 unspecified atom stereocenters. The van der Waals surface area contributed by atoms with E-state index in [0.717, 1.165) is 0 Å². The Hall–Kier alpha value is -0.150. The van der Waals surface area contributed by atoms with Crippen LogP contribution in [0.2, 0.25) is 0 Å². The molecule has 2 nitrogen and oxygen atoms in total. The molecule has 0 atom stereocenters. The van der Waals surface area contributed by atoms with E-state index in [9.17, 15) is 4.39 Å². The van der Waals surface area contributed by atoms with Crippen molar-refractivity contribution in [3.05, 3.63) is 0 Å². The number of hydrogen-bond donors (Lipinski definition) is 2. The number of halogens is 1. The Labute approximate surface area is 80.1 Å². The highest BCUT2D eigenvalue weighted by molar-refractivity contribution is 4.87. The molecule has 1 saturated heterocycles. The second-order valence-corrected chi connectivity index (χ2v) is 4.41. The molecular formula is C10H21FN2. The molecule has 13 heavy (non-hydrogen) atoms. The van der Waals surface area contributed by atoms with E-state index in [1.807, 2.05) is 0 Å². The molecule has 3 heteroatoms. The van der Waals surface area contributed by atoms with E-state index in [1.165, 1.54) is 32.1 Å². The van der Waals surface area contributed by atoms with Gasteiger partial charge in [-0.1, -0.05) is 19.3 Å². The number of alkyl halides is 1. The van der Waals surface area contributed by atoms with E-state index >= 15 is 0 Å². The molecule has 0 spiro atoms. The van der Waals surface area contributed by atoms with Crippen molar-refractivity contribution in [3.8, 4) is 0 Å². The van der Waals surface area contributed by atoms with Gasteiger partial charge in [0.1, 0.15) is 5.67 Å². The van der Waals surface area contributed by atoms with E-state index in [2.05, 4.69) is 5.32 Å². The third-order valence-corrected chi connectivity index (χ3v) is 2.64. The van der Waals surface area contributed by atoms with Crippen LogP contribution in [0.3, 0.4) is 0 Å². The summed E-state index contributed by atoms with van der Waals surface area (Å²) < 4.78 is 12.1. The smallest absolute Gasteiger partial charge is 0.132 e. The first-order valence-electron chi connectivity index (χ1n) is 5.25. The molecule has 3 N–H and O–H groups in total. The zero-order valence-corrected chi connectivity index (χ0v) is 8.48. The summed E-state index contributed by atoms with van der Waals surface area (Å²) in [6.45, 7) is 2.67. The van der Waals surface area contributed by atoms with Crippen molar-refractivity contribution >= 4 is 0 Å². The van der Waals surface area contributed by atoms with Gasteiger partial charge in [0.05, 0.1) is 0 Å². The van der Waals surface area contributed by atoms with Crippen LogP contribution in [0, 0.1) is 0 Å². The van der Waals surface area contributed by atoms with Gasteiger partial charge < -0.3 is 11.1 Å². The third-order valence-electron chi connectivity index (χ3n) is 2.64. The van der Waals surface area contributed by atoms with Gasteiger partial charge in [-0.25, -0.2) is 4.39 Å². The summed E-state index contributed by atoms with van der Waals surface area (Å²) in [6, 6.07) is 0.536. The molecule has 1 saturated carbocycles. The molecule has 1 aliphatic heterocycles. The number of hydrogen-bond acceptors (Lipinski definition) is 2. The van der Waals surface area contributed by atoms with Gasteiger partial charge in [-0.2, -0.15) is 0 Å². The van der Waals surface area contributed by atoms with Crippen molar-refractivity contribution in [1.82, 2.24) is 5.32 Å². The lowest BCUT2D eigenvalue weighted by molar-refractivity contribution is 0.113. The molecule has 0 radical (unpaired) electrons. The van der Waals surface area contributed by atoms with Crippen LogP contribution in [0.1, 0.15) is 39.0 Å². The van der Waals surface area contributed by atoms with Gasteiger partial charge in [-0.05, 0) is 19.8 Å². The molecule has 0 amide bonds. The van der Waals surface area contributed by atoms with E-state index in [-0.39, 0.29) is 0 Å². The SMILES string of the molecule is CC1(F)CNC1.NC1CCCCC1. The van der Waals surface area contributed by atoms with Gasteiger partial charge in [0, 0.05) is 19.1 Å². The van der Waals surface area contributed by atoms with Crippen LogP contribution in [0.5, 0.6) is 0 Å². The highest BCUT2D eigenvalue weighted by Gasteiger charge is 2.30. The molecule has 2 fully saturated rings. The van der Waals surface area contributed by atoms with E-state index in [1.54, 1.807) is 6.92 Å². The highest BCUT2D eigenvalue weighted by Crippen LogP contribution is 2.14. The predicted molar refractivity (Wildman–Crippen MR) is 53.4 cm³/mol. The zero-order valence-electron chi connectivity index (χ0n) is 8.48. The molecular weight excluding hydrogens is 167 g/mol. The Morgan fingerprint density at radius 3 is 1.85 bits per heavy atom. The summed E-state index contributed by atoms with van der Waals surface area (Å²) in [7, 11) is 0. The monoisotopic (exact) mass is 188 g/mol. The molecule has 0 aromatic heterocycles. The van der Waals surface area contributed by atoms with Crippen LogP contribution in [-0.2, 0) is 0 Å². The maximum absolute atomic E-state index is 12.1. The van der Waals surface area contributed by atoms with Crippen molar-refractivity contribution in [2.75, 3.05) is 13.1 Å². The summed E-state index contributed by atoms with van der Waals surface area (Å²) in [4.78, 5) is 0. The van der Waals surface area contributed by atoms with E-state index < -0.39 is 5.67 Å². The second kappa shape index (κ2) is 4.91. The van der Waals surface area contributed by atoms with Crippen LogP contribution in [0.25, 0.3) is 0 Å². The number of rotatable bonds is 0. The van der Waals surface area contributed by atoms with Crippen molar-refractivity contribution in [2.45, 2.75) is 50.7 Å². The number of nitrogens with one attached hydrogen (secondary N) is 1. The van der Waals surface area contributed by atoms with E-state index in [4.69, 9.17) is 5.73 Å². The van der Waals surface area contributed by atoms with Crippen LogP contribution in [0.4, 0.5) is 4.39 Å². The fourth-order valence-electron chi connectivity index (χ4n) is 1.60. The van der Waals surface area contributed by atoms with Crippen molar-refractivity contribution in [1.29, 1.82) is 0 Å². The first-order valence-corrected chi connectivity index (χ1v) is 5.25. The lowest BCUT2D eigenvalue weighted by atomic mass is 9.97. The molecule has 2 rings (SSSR count). The van der Waals surface area contributed by atoms with Crippen molar-refractivity contribution < 1.29 is 4.39 Å². The minimum Gasteiger partial charge on any atom is -0.328 e. The Morgan fingerprint density at radius 2 is 1.69 bits per heavy atom. The summed E-state index contributed by atoms with van der Waals surface area (Å²) >= 11 is 0. The number of nitrogens with two attached hydrogens (primary N) is 1. The van der Waals surface area contributed by atoms with Gasteiger partial charge in [0.25, 0.3) is 0 Å². The molecule has 0 aromatic rings. The average Bonchev–Trinajstić information content (AvgIpc) is 2.04. The lowest BCUT2D eigenvalue weighted by Gasteiger charge is -2.30. The van der Waals surface area contributed by atoms with Crippen LogP contribution < -0.4 is 11.1 Å². The first-order chi connectivity index (χ1) is 6.10. The van der Waals surface area contributed by atoms with Crippen LogP contribution in [-0.4, -0.2) is 24.8 Å². The lowest BCUT2D eigenvalue weighted by Crippen LogP contribution is -2.53. The van der Waals surface area contributed by atoms with Gasteiger partial charge in [-0.3, -0.25) is 0 Å². The van der Waals surface area contributed by atoms with Gasteiger partial charge in [0.15, 0.2) is 0 Å². The highest BCUT2D eigenvalue weighted by atomic mass is 19.1. The Bertz CT molecular complexity index is 136. The topological polar surface area (TPSA) is 38.0 Å². The molecule has 0 aromatic carbocycles. The maximum atomic E-state index is 12.1. The van der Waals surface area contributed by atoms with Crippen LogP contribution in [0.15, 0.2) is 0 Å². The molecule has 1 aliphatic carbocycles. The summed E-state index contributed by atoms with van der Waals surface area (Å²) in [6.07, 6.45) is 6.66. The zero-order chi connectivity index (χ0) is 9.73. The minimum atomic E-state index is -0.889. The first kappa shape index (κ1) is 10.9. The van der Waals surface area contributed by atoms with E-state index in [0.29, 0.717) is 19.1 Å². The average molecular weight is 188 g/mol. The quantitative estimate of drug-likeness (QED) is 0.606. The summed E-state index contributed by atoms with van der Waals surface area (Å²) in [5.41, 5.74) is 4.75. The van der Waals surface area contributed by atoms with Gasteiger partial charge in [0.2, 0.25) is 0 Å².